The fourth-order valence-electron chi connectivity index (χ4n) is 3.14. The molecular weight excluding hydrogens is 364 g/mol. The third-order valence-corrected chi connectivity index (χ3v) is 5.13. The quantitative estimate of drug-likeness (QED) is 0.571. The molecule has 3 rings (SSSR count). The summed E-state index contributed by atoms with van der Waals surface area (Å²) < 4.78 is 5.38. The molecule has 0 saturated carbocycles. The Morgan fingerprint density at radius 3 is 2.34 bits per heavy atom. The zero-order chi connectivity index (χ0) is 21.0. The molecule has 29 heavy (non-hydrogen) atoms. The van der Waals surface area contributed by atoms with E-state index in [0.29, 0.717) is 5.56 Å². The van der Waals surface area contributed by atoms with Crippen LogP contribution in [0.4, 0.5) is 0 Å². The molecule has 0 spiro atoms. The van der Waals surface area contributed by atoms with Gasteiger partial charge in [0.15, 0.2) is 6.61 Å². The van der Waals surface area contributed by atoms with Crippen LogP contribution in [-0.4, -0.2) is 35.4 Å². The number of rotatable bonds is 6. The number of hydrogen-bond acceptors (Lipinski definition) is 4. The Bertz CT molecular complexity index is 1020. The molecule has 1 atom stereocenters. The average Bonchev–Trinajstić information content (AvgIpc) is 2.75. The van der Waals surface area contributed by atoms with E-state index < -0.39 is 5.97 Å². The molecule has 0 radical (unpaired) electrons. The molecule has 5 nitrogen and oxygen atoms in total. The van der Waals surface area contributed by atoms with Crippen molar-refractivity contribution >= 4 is 22.8 Å². The van der Waals surface area contributed by atoms with Crippen LogP contribution in [0.3, 0.4) is 0 Å². The summed E-state index contributed by atoms with van der Waals surface area (Å²) in [5.41, 5.74) is 3.02. The van der Waals surface area contributed by atoms with Crippen molar-refractivity contribution in [2.45, 2.75) is 32.7 Å². The molecule has 3 aromatic rings. The van der Waals surface area contributed by atoms with Gasteiger partial charge in [-0.25, -0.2) is 4.79 Å². The van der Waals surface area contributed by atoms with E-state index in [1.165, 1.54) is 0 Å². The minimum atomic E-state index is -0.514. The molecule has 0 aliphatic heterocycles. The lowest BCUT2D eigenvalue weighted by Crippen LogP contribution is -2.33. The van der Waals surface area contributed by atoms with Gasteiger partial charge in [-0.2, -0.15) is 0 Å². The maximum atomic E-state index is 12.8. The van der Waals surface area contributed by atoms with Crippen LogP contribution in [0.1, 0.15) is 54.3 Å². The SMILES string of the molecule is CC(C)c1cc(C(=O)OCC(=O)N(C)C(C)c2ccccc2)c2ccccc2n1. The first-order valence-electron chi connectivity index (χ1n) is 9.76. The van der Waals surface area contributed by atoms with Crippen molar-refractivity contribution in [3.63, 3.8) is 0 Å². The van der Waals surface area contributed by atoms with Crippen molar-refractivity contribution in [1.82, 2.24) is 9.88 Å². The summed E-state index contributed by atoms with van der Waals surface area (Å²) in [4.78, 5) is 31.6. The standard InChI is InChI=1S/C24H26N2O3/c1-16(2)22-14-20(19-12-8-9-13-21(19)25-22)24(28)29-15-23(27)26(4)17(3)18-10-6-5-7-11-18/h5-14,16-17H,15H2,1-4H3. The highest BCUT2D eigenvalue weighted by Gasteiger charge is 2.21. The van der Waals surface area contributed by atoms with Crippen LogP contribution in [0.2, 0.25) is 0 Å². The van der Waals surface area contributed by atoms with Gasteiger partial charge in [-0.1, -0.05) is 62.4 Å². The first-order valence-corrected chi connectivity index (χ1v) is 9.76. The Balaban J connectivity index is 1.74. The van der Waals surface area contributed by atoms with Crippen molar-refractivity contribution in [3.05, 3.63) is 77.5 Å². The van der Waals surface area contributed by atoms with Gasteiger partial charge in [0.25, 0.3) is 5.91 Å². The van der Waals surface area contributed by atoms with E-state index in [1.54, 1.807) is 18.0 Å². The summed E-state index contributed by atoms with van der Waals surface area (Å²) in [6.07, 6.45) is 0. The zero-order valence-corrected chi connectivity index (χ0v) is 17.3. The van der Waals surface area contributed by atoms with Crippen LogP contribution < -0.4 is 0 Å². The molecule has 1 aromatic heterocycles. The second kappa shape index (κ2) is 8.86. The summed E-state index contributed by atoms with van der Waals surface area (Å²) in [5.74, 6) is -0.595. The molecule has 0 bridgehead atoms. The number of likely N-dealkylation sites (N-methyl/N-ethyl adjacent to an activating group) is 1. The number of fused-ring (bicyclic) bond motifs is 1. The first-order chi connectivity index (χ1) is 13.9. The number of para-hydroxylation sites is 1. The number of carbonyl (C=O) groups is 2. The Morgan fingerprint density at radius 2 is 1.66 bits per heavy atom. The van der Waals surface area contributed by atoms with E-state index in [9.17, 15) is 9.59 Å². The Hall–Kier alpha value is -3.21. The molecule has 1 unspecified atom stereocenters. The summed E-state index contributed by atoms with van der Waals surface area (Å²) in [5, 5.41) is 0.723. The van der Waals surface area contributed by atoms with E-state index >= 15 is 0 Å². The molecule has 0 fully saturated rings. The van der Waals surface area contributed by atoms with Crippen molar-refractivity contribution in [2.24, 2.45) is 0 Å². The lowest BCUT2D eigenvalue weighted by atomic mass is 10.0. The highest BCUT2D eigenvalue weighted by atomic mass is 16.5. The number of pyridine rings is 1. The molecule has 0 saturated heterocycles. The van der Waals surface area contributed by atoms with Crippen LogP contribution in [0.5, 0.6) is 0 Å². The Morgan fingerprint density at radius 1 is 1.00 bits per heavy atom. The zero-order valence-electron chi connectivity index (χ0n) is 17.3. The highest BCUT2D eigenvalue weighted by Crippen LogP contribution is 2.23. The fraction of sp³-hybridized carbons (Fsp3) is 0.292. The predicted octanol–water partition coefficient (Wildman–Crippen LogP) is 4.73. The van der Waals surface area contributed by atoms with Crippen LogP contribution in [0, 0.1) is 0 Å². The molecule has 150 valence electrons. The van der Waals surface area contributed by atoms with E-state index in [-0.39, 0.29) is 24.5 Å². The topological polar surface area (TPSA) is 59.5 Å². The maximum absolute atomic E-state index is 12.8. The number of aromatic nitrogens is 1. The van der Waals surface area contributed by atoms with Crippen LogP contribution in [0.25, 0.3) is 10.9 Å². The van der Waals surface area contributed by atoms with Gasteiger partial charge >= 0.3 is 5.97 Å². The Labute approximate surface area is 171 Å². The third-order valence-electron chi connectivity index (χ3n) is 5.13. The van der Waals surface area contributed by atoms with Gasteiger partial charge in [-0.15, -0.1) is 0 Å². The van der Waals surface area contributed by atoms with Crippen molar-refractivity contribution in [2.75, 3.05) is 13.7 Å². The molecular formula is C24H26N2O3. The van der Waals surface area contributed by atoms with E-state index in [4.69, 9.17) is 4.74 Å². The van der Waals surface area contributed by atoms with Gasteiger partial charge in [-0.05, 0) is 30.5 Å². The monoisotopic (exact) mass is 390 g/mol. The number of hydrogen-bond donors (Lipinski definition) is 0. The molecule has 0 N–H and O–H groups in total. The average molecular weight is 390 g/mol. The first kappa shape index (κ1) is 20.5. The fourth-order valence-corrected chi connectivity index (χ4v) is 3.14. The third kappa shape index (κ3) is 4.62. The van der Waals surface area contributed by atoms with Gasteiger partial charge < -0.3 is 9.64 Å². The number of carbonyl (C=O) groups excluding carboxylic acids is 2. The normalized spacial score (nSPS) is 12.0. The summed E-state index contributed by atoms with van der Waals surface area (Å²) in [6.45, 7) is 5.69. The lowest BCUT2D eigenvalue weighted by molar-refractivity contribution is -0.135. The largest absolute Gasteiger partial charge is 0.452 e. The lowest BCUT2D eigenvalue weighted by Gasteiger charge is -2.25. The van der Waals surface area contributed by atoms with Crippen molar-refractivity contribution < 1.29 is 14.3 Å². The minimum Gasteiger partial charge on any atom is -0.452 e. The predicted molar refractivity (Wildman–Crippen MR) is 114 cm³/mol. The van der Waals surface area contributed by atoms with Gasteiger partial charge in [0.2, 0.25) is 0 Å². The van der Waals surface area contributed by atoms with Crippen LogP contribution in [-0.2, 0) is 9.53 Å². The molecule has 0 aliphatic rings. The number of esters is 1. The minimum absolute atomic E-state index is 0.114. The maximum Gasteiger partial charge on any atom is 0.339 e. The summed E-state index contributed by atoms with van der Waals surface area (Å²) >= 11 is 0. The number of ether oxygens (including phenoxy) is 1. The molecule has 1 amide bonds. The van der Waals surface area contributed by atoms with E-state index in [0.717, 1.165) is 22.2 Å². The van der Waals surface area contributed by atoms with Gasteiger partial charge in [-0.3, -0.25) is 9.78 Å². The van der Waals surface area contributed by atoms with Crippen molar-refractivity contribution in [3.8, 4) is 0 Å². The molecule has 5 heteroatoms. The highest BCUT2D eigenvalue weighted by molar-refractivity contribution is 6.04. The van der Waals surface area contributed by atoms with Gasteiger partial charge in [0, 0.05) is 18.1 Å². The second-order valence-electron chi connectivity index (χ2n) is 7.43. The van der Waals surface area contributed by atoms with Crippen LogP contribution >= 0.6 is 0 Å². The van der Waals surface area contributed by atoms with Gasteiger partial charge in [0.1, 0.15) is 0 Å². The molecule has 0 aliphatic carbocycles. The Kier molecular flexibility index (Phi) is 6.27. The summed E-state index contributed by atoms with van der Waals surface area (Å²) in [7, 11) is 1.71. The van der Waals surface area contributed by atoms with E-state index in [1.807, 2.05) is 75.4 Å². The summed E-state index contributed by atoms with van der Waals surface area (Å²) in [6, 6.07) is 18.8. The van der Waals surface area contributed by atoms with E-state index in [2.05, 4.69) is 4.98 Å². The smallest absolute Gasteiger partial charge is 0.339 e. The van der Waals surface area contributed by atoms with Crippen molar-refractivity contribution in [1.29, 1.82) is 0 Å². The molecule has 2 aromatic carbocycles. The van der Waals surface area contributed by atoms with Crippen LogP contribution in [0.15, 0.2) is 60.7 Å². The number of nitrogens with zero attached hydrogens (tertiary/aromatic N) is 2. The van der Waals surface area contributed by atoms with Gasteiger partial charge in [0.05, 0.1) is 17.1 Å². The number of benzene rings is 2. The number of amides is 1. The molecule has 1 heterocycles. The second-order valence-corrected chi connectivity index (χ2v) is 7.43.